The van der Waals surface area contributed by atoms with Crippen molar-refractivity contribution in [2.24, 2.45) is 5.92 Å². The van der Waals surface area contributed by atoms with Gasteiger partial charge in [-0.2, -0.15) is 0 Å². The highest BCUT2D eigenvalue weighted by molar-refractivity contribution is 4.73. The molecule has 1 N–H and O–H groups in total. The summed E-state index contributed by atoms with van der Waals surface area (Å²) in [5.41, 5.74) is 0. The van der Waals surface area contributed by atoms with Crippen LogP contribution in [0.5, 0.6) is 0 Å². The van der Waals surface area contributed by atoms with Crippen LogP contribution in [0, 0.1) is 5.92 Å². The second-order valence-corrected chi connectivity index (χ2v) is 4.53. The van der Waals surface area contributed by atoms with Gasteiger partial charge in [0.2, 0.25) is 0 Å². The number of hydrogen-bond acceptors (Lipinski definition) is 2. The molecule has 2 heteroatoms. The number of nitrogens with zero attached hydrogens (tertiary/aromatic N) is 1. The minimum absolute atomic E-state index is 1.08. The fourth-order valence-electron chi connectivity index (χ4n) is 2.27. The molecule has 76 valence electrons. The predicted molar refractivity (Wildman–Crippen MR) is 55.9 cm³/mol. The van der Waals surface area contributed by atoms with E-state index in [0.717, 1.165) is 5.92 Å². The molecule has 1 aliphatic carbocycles. The normalized spacial score (nSPS) is 26.8. The van der Waals surface area contributed by atoms with E-state index < -0.39 is 0 Å². The van der Waals surface area contributed by atoms with Crippen LogP contribution in [0.2, 0.25) is 0 Å². The topological polar surface area (TPSA) is 15.3 Å². The van der Waals surface area contributed by atoms with E-state index in [2.05, 4.69) is 10.2 Å². The van der Waals surface area contributed by atoms with Gasteiger partial charge in [0, 0.05) is 13.1 Å². The smallest absolute Gasteiger partial charge is 0.0107 e. The van der Waals surface area contributed by atoms with Gasteiger partial charge in [-0.05, 0) is 38.4 Å². The maximum Gasteiger partial charge on any atom is 0.0107 e. The Morgan fingerprint density at radius 1 is 1.08 bits per heavy atom. The summed E-state index contributed by atoms with van der Waals surface area (Å²) >= 11 is 0. The molecule has 0 atom stereocenters. The molecule has 1 saturated heterocycles. The van der Waals surface area contributed by atoms with Crippen LogP contribution >= 0.6 is 0 Å². The fourth-order valence-corrected chi connectivity index (χ4v) is 2.27. The SMILES string of the molecule is C1CC(CCN2CCCNCC2)C1. The van der Waals surface area contributed by atoms with Crippen LogP contribution in [-0.2, 0) is 0 Å². The summed E-state index contributed by atoms with van der Waals surface area (Å²) in [6.07, 6.45) is 7.30. The first-order valence-electron chi connectivity index (χ1n) is 5.88. The van der Waals surface area contributed by atoms with E-state index in [9.17, 15) is 0 Å². The Balaban J connectivity index is 1.61. The van der Waals surface area contributed by atoms with E-state index in [-0.39, 0.29) is 0 Å². The van der Waals surface area contributed by atoms with E-state index in [1.54, 1.807) is 0 Å². The van der Waals surface area contributed by atoms with Gasteiger partial charge in [-0.15, -0.1) is 0 Å². The summed E-state index contributed by atoms with van der Waals surface area (Å²) in [6.45, 7) is 6.36. The molecule has 0 amide bonds. The molecule has 0 spiro atoms. The summed E-state index contributed by atoms with van der Waals surface area (Å²) in [5.74, 6) is 1.08. The molecule has 0 aromatic heterocycles. The number of nitrogens with one attached hydrogen (secondary N) is 1. The van der Waals surface area contributed by atoms with Gasteiger partial charge in [-0.25, -0.2) is 0 Å². The molecule has 2 fully saturated rings. The lowest BCUT2D eigenvalue weighted by atomic mass is 9.83. The van der Waals surface area contributed by atoms with Crippen molar-refractivity contribution in [3.63, 3.8) is 0 Å². The van der Waals surface area contributed by atoms with E-state index in [1.165, 1.54) is 64.8 Å². The largest absolute Gasteiger partial charge is 0.315 e. The number of hydrogen-bond donors (Lipinski definition) is 1. The van der Waals surface area contributed by atoms with Gasteiger partial charge < -0.3 is 10.2 Å². The molecule has 2 aliphatic rings. The molecule has 0 aromatic rings. The molecule has 2 nitrogen and oxygen atoms in total. The van der Waals surface area contributed by atoms with Crippen LogP contribution in [0.3, 0.4) is 0 Å². The molecule has 0 radical (unpaired) electrons. The third kappa shape index (κ3) is 2.96. The fraction of sp³-hybridized carbons (Fsp3) is 1.00. The van der Waals surface area contributed by atoms with Gasteiger partial charge in [0.15, 0.2) is 0 Å². The molecule has 0 unspecified atom stereocenters. The molecule has 0 aromatic carbocycles. The Hall–Kier alpha value is -0.0800. The third-order valence-corrected chi connectivity index (χ3v) is 3.51. The third-order valence-electron chi connectivity index (χ3n) is 3.51. The van der Waals surface area contributed by atoms with Crippen molar-refractivity contribution in [1.82, 2.24) is 10.2 Å². The monoisotopic (exact) mass is 182 g/mol. The molecule has 1 saturated carbocycles. The Bertz CT molecular complexity index is 135. The van der Waals surface area contributed by atoms with Gasteiger partial charge >= 0.3 is 0 Å². The standard InChI is InChI=1S/C11H22N2/c1-3-11(4-1)5-9-13-8-2-6-12-7-10-13/h11-12H,1-10H2. The Morgan fingerprint density at radius 2 is 2.00 bits per heavy atom. The van der Waals surface area contributed by atoms with Crippen molar-refractivity contribution in [2.45, 2.75) is 32.1 Å². The molecular weight excluding hydrogens is 160 g/mol. The van der Waals surface area contributed by atoms with E-state index >= 15 is 0 Å². The minimum Gasteiger partial charge on any atom is -0.315 e. The molecule has 2 rings (SSSR count). The lowest BCUT2D eigenvalue weighted by Gasteiger charge is -2.28. The van der Waals surface area contributed by atoms with Gasteiger partial charge in [-0.3, -0.25) is 0 Å². The first kappa shape index (κ1) is 9.47. The van der Waals surface area contributed by atoms with Crippen LogP contribution < -0.4 is 5.32 Å². The van der Waals surface area contributed by atoms with Crippen molar-refractivity contribution in [3.8, 4) is 0 Å². The highest BCUT2D eigenvalue weighted by Gasteiger charge is 2.18. The zero-order valence-corrected chi connectivity index (χ0v) is 8.60. The summed E-state index contributed by atoms with van der Waals surface area (Å²) in [7, 11) is 0. The summed E-state index contributed by atoms with van der Waals surface area (Å²) in [5, 5.41) is 3.45. The molecule has 13 heavy (non-hydrogen) atoms. The Labute approximate surface area is 81.7 Å². The van der Waals surface area contributed by atoms with Crippen molar-refractivity contribution in [3.05, 3.63) is 0 Å². The lowest BCUT2D eigenvalue weighted by molar-refractivity contribution is 0.222. The second-order valence-electron chi connectivity index (χ2n) is 4.53. The van der Waals surface area contributed by atoms with Crippen molar-refractivity contribution in [2.75, 3.05) is 32.7 Å². The van der Waals surface area contributed by atoms with Crippen LogP contribution in [0.25, 0.3) is 0 Å². The van der Waals surface area contributed by atoms with Crippen LogP contribution in [-0.4, -0.2) is 37.6 Å². The van der Waals surface area contributed by atoms with Crippen LogP contribution in [0.1, 0.15) is 32.1 Å². The van der Waals surface area contributed by atoms with E-state index in [4.69, 9.17) is 0 Å². The average molecular weight is 182 g/mol. The second kappa shape index (κ2) is 4.97. The van der Waals surface area contributed by atoms with E-state index in [1.807, 2.05) is 0 Å². The average Bonchev–Trinajstić information content (AvgIpc) is 2.30. The molecule has 1 aliphatic heterocycles. The Kier molecular flexibility index (Phi) is 3.62. The zero-order chi connectivity index (χ0) is 8.93. The van der Waals surface area contributed by atoms with Crippen LogP contribution in [0.15, 0.2) is 0 Å². The summed E-state index contributed by atoms with van der Waals surface area (Å²) < 4.78 is 0. The molecule has 1 heterocycles. The summed E-state index contributed by atoms with van der Waals surface area (Å²) in [4.78, 5) is 2.64. The molecular formula is C11H22N2. The van der Waals surface area contributed by atoms with Crippen molar-refractivity contribution >= 4 is 0 Å². The van der Waals surface area contributed by atoms with Gasteiger partial charge in [-0.1, -0.05) is 19.3 Å². The lowest BCUT2D eigenvalue weighted by Crippen LogP contribution is -2.31. The summed E-state index contributed by atoms with van der Waals surface area (Å²) in [6, 6.07) is 0. The minimum atomic E-state index is 1.08. The maximum atomic E-state index is 3.45. The molecule has 0 bridgehead atoms. The van der Waals surface area contributed by atoms with Crippen molar-refractivity contribution in [1.29, 1.82) is 0 Å². The first-order chi connectivity index (χ1) is 6.45. The predicted octanol–water partition coefficient (Wildman–Crippen LogP) is 1.47. The highest BCUT2D eigenvalue weighted by Crippen LogP contribution is 2.29. The first-order valence-corrected chi connectivity index (χ1v) is 5.88. The van der Waals surface area contributed by atoms with Crippen LogP contribution in [0.4, 0.5) is 0 Å². The number of rotatable bonds is 3. The van der Waals surface area contributed by atoms with Gasteiger partial charge in [0.25, 0.3) is 0 Å². The zero-order valence-electron chi connectivity index (χ0n) is 8.60. The van der Waals surface area contributed by atoms with Crippen molar-refractivity contribution < 1.29 is 0 Å². The van der Waals surface area contributed by atoms with Gasteiger partial charge in [0.05, 0.1) is 0 Å². The quantitative estimate of drug-likeness (QED) is 0.711. The van der Waals surface area contributed by atoms with Gasteiger partial charge in [0.1, 0.15) is 0 Å². The maximum absolute atomic E-state index is 3.45. The highest BCUT2D eigenvalue weighted by atomic mass is 15.1. The Morgan fingerprint density at radius 3 is 2.77 bits per heavy atom. The van der Waals surface area contributed by atoms with E-state index in [0.29, 0.717) is 0 Å².